The summed E-state index contributed by atoms with van der Waals surface area (Å²) in [5.41, 5.74) is 1.06. The Hall–Kier alpha value is -0.710. The summed E-state index contributed by atoms with van der Waals surface area (Å²) >= 11 is 12.0. The van der Waals surface area contributed by atoms with Crippen LogP contribution in [0.5, 0.6) is 0 Å². The standard InChI is InChI=1S/C12H17Cl2N3O/c1-6-5-15-4-3-8(6)17-12(18)11-10(14)9(13)7(2)16-11/h6,8,15-16H,3-5H2,1-2H3,(H,17,18)/t6-,8-/m1/s1. The van der Waals surface area contributed by atoms with E-state index in [0.717, 1.165) is 19.5 Å². The molecular formula is C12H17Cl2N3O. The number of hydrogen-bond acceptors (Lipinski definition) is 2. The van der Waals surface area contributed by atoms with Gasteiger partial charge in [-0.15, -0.1) is 0 Å². The zero-order valence-corrected chi connectivity index (χ0v) is 12.0. The number of halogens is 2. The van der Waals surface area contributed by atoms with Crippen molar-refractivity contribution in [2.24, 2.45) is 5.92 Å². The molecule has 4 nitrogen and oxygen atoms in total. The van der Waals surface area contributed by atoms with Crippen LogP contribution >= 0.6 is 23.2 Å². The van der Waals surface area contributed by atoms with Crippen LogP contribution in [0.25, 0.3) is 0 Å². The fourth-order valence-electron chi connectivity index (χ4n) is 2.20. The van der Waals surface area contributed by atoms with Crippen molar-refractivity contribution in [3.63, 3.8) is 0 Å². The van der Waals surface area contributed by atoms with E-state index in [1.165, 1.54) is 0 Å². The second-order valence-corrected chi connectivity index (χ2v) is 5.56. The molecule has 0 radical (unpaired) electrons. The molecule has 0 spiro atoms. The van der Waals surface area contributed by atoms with Gasteiger partial charge in [-0.25, -0.2) is 0 Å². The van der Waals surface area contributed by atoms with E-state index in [-0.39, 0.29) is 11.9 Å². The van der Waals surface area contributed by atoms with Crippen LogP contribution in [0.1, 0.15) is 29.5 Å². The van der Waals surface area contributed by atoms with Crippen LogP contribution in [-0.4, -0.2) is 30.0 Å². The Kier molecular flexibility index (Phi) is 4.20. The van der Waals surface area contributed by atoms with Gasteiger partial charge >= 0.3 is 0 Å². The number of nitrogens with one attached hydrogen (secondary N) is 3. The van der Waals surface area contributed by atoms with Gasteiger partial charge in [0, 0.05) is 11.7 Å². The number of carbonyl (C=O) groups is 1. The summed E-state index contributed by atoms with van der Waals surface area (Å²) in [6, 6.07) is 0.178. The topological polar surface area (TPSA) is 56.9 Å². The van der Waals surface area contributed by atoms with Crippen molar-refractivity contribution in [2.45, 2.75) is 26.3 Å². The van der Waals surface area contributed by atoms with Crippen molar-refractivity contribution < 1.29 is 4.79 Å². The molecule has 1 amide bonds. The van der Waals surface area contributed by atoms with Gasteiger partial charge in [-0.05, 0) is 32.4 Å². The first kappa shape index (κ1) is 13.7. The summed E-state index contributed by atoms with van der Waals surface area (Å²) in [5, 5.41) is 7.02. The fraction of sp³-hybridized carbons (Fsp3) is 0.583. The Balaban J connectivity index is 2.09. The number of amides is 1. The van der Waals surface area contributed by atoms with Crippen molar-refractivity contribution in [3.8, 4) is 0 Å². The van der Waals surface area contributed by atoms with Crippen LogP contribution in [0.3, 0.4) is 0 Å². The molecule has 2 atom stereocenters. The summed E-state index contributed by atoms with van der Waals surface area (Å²) in [4.78, 5) is 15.1. The SMILES string of the molecule is Cc1[nH]c(C(=O)N[C@@H]2CCNC[C@H]2C)c(Cl)c1Cl. The lowest BCUT2D eigenvalue weighted by molar-refractivity contribution is 0.0910. The largest absolute Gasteiger partial charge is 0.352 e. The van der Waals surface area contributed by atoms with Gasteiger partial charge in [-0.1, -0.05) is 30.1 Å². The first-order valence-corrected chi connectivity index (χ1v) is 6.81. The molecule has 0 aromatic carbocycles. The van der Waals surface area contributed by atoms with Gasteiger partial charge in [-0.3, -0.25) is 4.79 Å². The highest BCUT2D eigenvalue weighted by atomic mass is 35.5. The van der Waals surface area contributed by atoms with Crippen LogP contribution in [0.2, 0.25) is 10.0 Å². The predicted molar refractivity (Wildman–Crippen MR) is 73.5 cm³/mol. The lowest BCUT2D eigenvalue weighted by Gasteiger charge is -2.30. The van der Waals surface area contributed by atoms with Crippen molar-refractivity contribution in [1.29, 1.82) is 0 Å². The van der Waals surface area contributed by atoms with E-state index in [9.17, 15) is 4.79 Å². The normalized spacial score (nSPS) is 24.0. The van der Waals surface area contributed by atoms with E-state index in [2.05, 4.69) is 22.5 Å². The van der Waals surface area contributed by atoms with Gasteiger partial charge in [-0.2, -0.15) is 0 Å². The van der Waals surface area contributed by atoms with Crippen LogP contribution in [0, 0.1) is 12.8 Å². The molecule has 1 aliphatic heterocycles. The summed E-state index contributed by atoms with van der Waals surface area (Å²) in [5.74, 6) is 0.224. The molecule has 1 aromatic heterocycles. The number of carbonyl (C=O) groups excluding carboxylic acids is 1. The molecule has 1 saturated heterocycles. The monoisotopic (exact) mass is 289 g/mol. The zero-order valence-electron chi connectivity index (χ0n) is 10.4. The third-order valence-corrected chi connectivity index (χ3v) is 4.33. The van der Waals surface area contributed by atoms with E-state index >= 15 is 0 Å². The van der Waals surface area contributed by atoms with Gasteiger partial charge in [0.1, 0.15) is 5.69 Å². The average molecular weight is 290 g/mol. The average Bonchev–Trinajstić information content (AvgIpc) is 2.60. The number of rotatable bonds is 2. The van der Waals surface area contributed by atoms with Crippen molar-refractivity contribution in [1.82, 2.24) is 15.6 Å². The number of hydrogen-bond donors (Lipinski definition) is 3. The molecule has 1 aromatic rings. The Bertz CT molecular complexity index is 458. The van der Waals surface area contributed by atoms with Gasteiger partial charge in [0.15, 0.2) is 0 Å². The van der Waals surface area contributed by atoms with E-state index in [1.807, 2.05) is 0 Å². The van der Waals surface area contributed by atoms with E-state index in [4.69, 9.17) is 23.2 Å². The lowest BCUT2D eigenvalue weighted by atomic mass is 9.95. The summed E-state index contributed by atoms with van der Waals surface area (Å²) in [6.45, 7) is 5.75. The molecule has 6 heteroatoms. The highest BCUT2D eigenvalue weighted by Crippen LogP contribution is 2.29. The maximum atomic E-state index is 12.1. The molecule has 1 aliphatic rings. The van der Waals surface area contributed by atoms with Crippen LogP contribution in [0.15, 0.2) is 0 Å². The summed E-state index contributed by atoms with van der Waals surface area (Å²) < 4.78 is 0. The second-order valence-electron chi connectivity index (χ2n) is 4.80. The second kappa shape index (κ2) is 5.51. The highest BCUT2D eigenvalue weighted by Gasteiger charge is 2.25. The van der Waals surface area contributed by atoms with Gasteiger partial charge in [0.2, 0.25) is 0 Å². The van der Waals surface area contributed by atoms with Gasteiger partial charge < -0.3 is 15.6 Å². The molecule has 1 fully saturated rings. The molecule has 3 N–H and O–H groups in total. The number of aryl methyl sites for hydroxylation is 1. The third kappa shape index (κ3) is 2.66. The predicted octanol–water partition coefficient (Wildman–Crippen LogP) is 2.36. The minimum absolute atomic E-state index is 0.178. The molecule has 100 valence electrons. The minimum Gasteiger partial charge on any atom is -0.352 e. The van der Waals surface area contributed by atoms with E-state index < -0.39 is 0 Å². The maximum Gasteiger partial charge on any atom is 0.269 e. The molecular weight excluding hydrogens is 273 g/mol. The Morgan fingerprint density at radius 1 is 1.39 bits per heavy atom. The quantitative estimate of drug-likeness (QED) is 0.783. The molecule has 0 saturated carbocycles. The fourth-order valence-corrected chi connectivity index (χ4v) is 2.61. The smallest absolute Gasteiger partial charge is 0.269 e. The van der Waals surface area contributed by atoms with E-state index in [0.29, 0.717) is 27.4 Å². The molecule has 2 heterocycles. The van der Waals surface area contributed by atoms with Gasteiger partial charge in [0.05, 0.1) is 10.0 Å². The number of aromatic amines is 1. The molecule has 0 unspecified atom stereocenters. The Labute approximate surface area is 116 Å². The van der Waals surface area contributed by atoms with E-state index in [1.54, 1.807) is 6.92 Å². The summed E-state index contributed by atoms with van der Waals surface area (Å²) in [7, 11) is 0. The van der Waals surface area contributed by atoms with Crippen LogP contribution in [0.4, 0.5) is 0 Å². The van der Waals surface area contributed by atoms with Crippen LogP contribution < -0.4 is 10.6 Å². The molecule has 2 rings (SSSR count). The number of H-pyrrole nitrogens is 1. The van der Waals surface area contributed by atoms with Crippen LogP contribution in [-0.2, 0) is 0 Å². The molecule has 0 aliphatic carbocycles. The van der Waals surface area contributed by atoms with Crippen molar-refractivity contribution in [3.05, 3.63) is 21.4 Å². The number of piperidine rings is 1. The summed E-state index contributed by atoms with van der Waals surface area (Å²) in [6.07, 6.45) is 0.929. The molecule has 0 bridgehead atoms. The minimum atomic E-state index is -0.186. The lowest BCUT2D eigenvalue weighted by Crippen LogP contribution is -2.48. The molecule has 18 heavy (non-hydrogen) atoms. The Morgan fingerprint density at radius 2 is 2.11 bits per heavy atom. The van der Waals surface area contributed by atoms with Crippen molar-refractivity contribution >= 4 is 29.1 Å². The van der Waals surface area contributed by atoms with Crippen molar-refractivity contribution in [2.75, 3.05) is 13.1 Å². The highest BCUT2D eigenvalue weighted by molar-refractivity contribution is 6.44. The van der Waals surface area contributed by atoms with Gasteiger partial charge in [0.25, 0.3) is 5.91 Å². The Morgan fingerprint density at radius 3 is 2.67 bits per heavy atom. The first-order valence-electron chi connectivity index (χ1n) is 6.06. The third-order valence-electron chi connectivity index (χ3n) is 3.38. The maximum absolute atomic E-state index is 12.1. The number of aromatic nitrogens is 1. The first-order chi connectivity index (χ1) is 8.50. The zero-order chi connectivity index (χ0) is 13.3.